The largest absolute Gasteiger partial charge is 0.308 e. The SMILES string of the molecule is CCN(C(=O)c1cccc(NN)n1)c1ccc(C)cc1. The van der Waals surface area contributed by atoms with Gasteiger partial charge in [-0.3, -0.25) is 4.79 Å². The Labute approximate surface area is 118 Å². The zero-order valence-corrected chi connectivity index (χ0v) is 11.6. The van der Waals surface area contributed by atoms with E-state index < -0.39 is 0 Å². The first-order valence-electron chi connectivity index (χ1n) is 6.48. The van der Waals surface area contributed by atoms with Crippen LogP contribution in [0.2, 0.25) is 0 Å². The summed E-state index contributed by atoms with van der Waals surface area (Å²) in [6, 6.07) is 13.0. The van der Waals surface area contributed by atoms with E-state index in [9.17, 15) is 4.79 Å². The van der Waals surface area contributed by atoms with Gasteiger partial charge >= 0.3 is 0 Å². The zero-order valence-electron chi connectivity index (χ0n) is 11.6. The summed E-state index contributed by atoms with van der Waals surface area (Å²) < 4.78 is 0. The molecule has 1 heterocycles. The molecule has 3 N–H and O–H groups in total. The van der Waals surface area contributed by atoms with Crippen LogP contribution < -0.4 is 16.2 Å². The highest BCUT2D eigenvalue weighted by atomic mass is 16.2. The van der Waals surface area contributed by atoms with Crippen LogP contribution in [0.4, 0.5) is 11.5 Å². The van der Waals surface area contributed by atoms with Gasteiger partial charge in [0, 0.05) is 12.2 Å². The highest BCUT2D eigenvalue weighted by Gasteiger charge is 2.17. The van der Waals surface area contributed by atoms with Gasteiger partial charge in [-0.2, -0.15) is 0 Å². The number of anilines is 2. The summed E-state index contributed by atoms with van der Waals surface area (Å²) in [5.74, 6) is 5.64. The van der Waals surface area contributed by atoms with Gasteiger partial charge in [0.2, 0.25) is 0 Å². The summed E-state index contributed by atoms with van der Waals surface area (Å²) in [6.45, 7) is 4.52. The van der Waals surface area contributed by atoms with Crippen LogP contribution in [0.25, 0.3) is 0 Å². The summed E-state index contributed by atoms with van der Waals surface area (Å²) in [4.78, 5) is 18.4. The molecule has 0 radical (unpaired) electrons. The standard InChI is InChI=1S/C15H18N4O/c1-3-19(12-9-7-11(2)8-10-12)15(20)13-5-4-6-14(17-13)18-16/h4-10H,3,16H2,1-2H3,(H,17,18). The minimum absolute atomic E-state index is 0.145. The van der Waals surface area contributed by atoms with Gasteiger partial charge in [0.25, 0.3) is 5.91 Å². The van der Waals surface area contributed by atoms with E-state index in [1.807, 2.05) is 38.1 Å². The fourth-order valence-electron chi connectivity index (χ4n) is 1.94. The van der Waals surface area contributed by atoms with Gasteiger partial charge in [-0.25, -0.2) is 10.8 Å². The number of nitrogens with two attached hydrogens (primary N) is 1. The number of carbonyl (C=O) groups is 1. The average Bonchev–Trinajstić information content (AvgIpc) is 2.50. The lowest BCUT2D eigenvalue weighted by molar-refractivity contribution is 0.0983. The number of aromatic nitrogens is 1. The fourth-order valence-corrected chi connectivity index (χ4v) is 1.94. The number of amides is 1. The molecule has 0 saturated carbocycles. The number of hydrogen-bond acceptors (Lipinski definition) is 4. The Kier molecular flexibility index (Phi) is 4.32. The Morgan fingerprint density at radius 2 is 1.95 bits per heavy atom. The van der Waals surface area contributed by atoms with Crippen molar-refractivity contribution in [2.75, 3.05) is 16.9 Å². The highest BCUT2D eigenvalue weighted by Crippen LogP contribution is 2.17. The first kappa shape index (κ1) is 14.0. The fraction of sp³-hybridized carbons (Fsp3) is 0.200. The molecule has 104 valence electrons. The van der Waals surface area contributed by atoms with E-state index in [1.54, 1.807) is 23.1 Å². The van der Waals surface area contributed by atoms with Crippen molar-refractivity contribution in [2.45, 2.75) is 13.8 Å². The van der Waals surface area contributed by atoms with Crippen molar-refractivity contribution in [1.29, 1.82) is 0 Å². The third-order valence-electron chi connectivity index (χ3n) is 3.02. The summed E-state index contributed by atoms with van der Waals surface area (Å²) in [6.07, 6.45) is 0. The van der Waals surface area contributed by atoms with Crippen molar-refractivity contribution in [3.05, 3.63) is 53.7 Å². The molecule has 0 aliphatic rings. The summed E-state index contributed by atoms with van der Waals surface area (Å²) in [5.41, 5.74) is 4.82. The van der Waals surface area contributed by atoms with Crippen molar-refractivity contribution in [1.82, 2.24) is 4.98 Å². The monoisotopic (exact) mass is 270 g/mol. The number of hydrazine groups is 1. The highest BCUT2D eigenvalue weighted by molar-refractivity contribution is 6.04. The number of rotatable bonds is 4. The molecule has 5 nitrogen and oxygen atoms in total. The van der Waals surface area contributed by atoms with Crippen LogP contribution in [-0.2, 0) is 0 Å². The second-order valence-corrected chi connectivity index (χ2v) is 4.44. The van der Waals surface area contributed by atoms with Gasteiger partial charge in [0.1, 0.15) is 11.5 Å². The predicted octanol–water partition coefficient (Wildman–Crippen LogP) is 2.34. The molecule has 0 aliphatic heterocycles. The minimum Gasteiger partial charge on any atom is -0.308 e. The van der Waals surface area contributed by atoms with Crippen molar-refractivity contribution in [3.8, 4) is 0 Å². The topological polar surface area (TPSA) is 71.2 Å². The Balaban J connectivity index is 2.31. The number of benzene rings is 1. The van der Waals surface area contributed by atoms with Gasteiger partial charge in [0.05, 0.1) is 0 Å². The molecule has 1 aromatic heterocycles. The Morgan fingerprint density at radius 1 is 1.25 bits per heavy atom. The number of hydrogen-bond donors (Lipinski definition) is 2. The van der Waals surface area contributed by atoms with E-state index in [0.29, 0.717) is 18.1 Å². The van der Waals surface area contributed by atoms with E-state index >= 15 is 0 Å². The molecule has 0 aliphatic carbocycles. The number of pyridine rings is 1. The third-order valence-corrected chi connectivity index (χ3v) is 3.02. The van der Waals surface area contributed by atoms with Crippen LogP contribution in [0.15, 0.2) is 42.5 Å². The Bertz CT molecular complexity index is 595. The van der Waals surface area contributed by atoms with E-state index in [1.165, 1.54) is 0 Å². The summed E-state index contributed by atoms with van der Waals surface area (Å²) in [5, 5.41) is 0. The van der Waals surface area contributed by atoms with E-state index in [4.69, 9.17) is 5.84 Å². The summed E-state index contributed by atoms with van der Waals surface area (Å²) >= 11 is 0. The number of nitrogens with zero attached hydrogens (tertiary/aromatic N) is 2. The molecule has 1 aromatic carbocycles. The predicted molar refractivity (Wildman–Crippen MR) is 80.6 cm³/mol. The molecule has 0 bridgehead atoms. The third kappa shape index (κ3) is 2.95. The Morgan fingerprint density at radius 3 is 2.55 bits per heavy atom. The molecule has 0 fully saturated rings. The maximum Gasteiger partial charge on any atom is 0.276 e. The van der Waals surface area contributed by atoms with Gasteiger partial charge < -0.3 is 10.3 Å². The lowest BCUT2D eigenvalue weighted by Crippen LogP contribution is -2.31. The number of carbonyl (C=O) groups excluding carboxylic acids is 1. The van der Waals surface area contributed by atoms with Crippen LogP contribution >= 0.6 is 0 Å². The lowest BCUT2D eigenvalue weighted by Gasteiger charge is -2.21. The van der Waals surface area contributed by atoms with E-state index in [-0.39, 0.29) is 5.91 Å². The molecule has 0 saturated heterocycles. The maximum atomic E-state index is 12.5. The molecule has 5 heteroatoms. The molecule has 2 aromatic rings. The number of nitrogens with one attached hydrogen (secondary N) is 1. The van der Waals surface area contributed by atoms with E-state index in [2.05, 4.69) is 10.4 Å². The average molecular weight is 270 g/mol. The first-order valence-corrected chi connectivity index (χ1v) is 6.48. The molecule has 1 amide bonds. The Hall–Kier alpha value is -2.40. The molecule has 2 rings (SSSR count). The normalized spacial score (nSPS) is 10.2. The van der Waals surface area contributed by atoms with Crippen LogP contribution in [0.3, 0.4) is 0 Å². The number of nitrogen functional groups attached to an aromatic ring is 1. The molecular formula is C15H18N4O. The maximum absolute atomic E-state index is 12.5. The van der Waals surface area contributed by atoms with E-state index in [0.717, 1.165) is 11.3 Å². The van der Waals surface area contributed by atoms with Crippen molar-refractivity contribution < 1.29 is 4.79 Å². The zero-order chi connectivity index (χ0) is 14.5. The summed E-state index contributed by atoms with van der Waals surface area (Å²) in [7, 11) is 0. The van der Waals surface area contributed by atoms with Crippen LogP contribution in [0.5, 0.6) is 0 Å². The second-order valence-electron chi connectivity index (χ2n) is 4.44. The van der Waals surface area contributed by atoms with Crippen LogP contribution in [0, 0.1) is 6.92 Å². The first-order chi connectivity index (χ1) is 9.65. The van der Waals surface area contributed by atoms with Gasteiger partial charge in [-0.05, 0) is 38.1 Å². The molecule has 0 unspecified atom stereocenters. The molecule has 0 atom stereocenters. The molecule has 20 heavy (non-hydrogen) atoms. The van der Waals surface area contributed by atoms with Crippen LogP contribution in [-0.4, -0.2) is 17.4 Å². The number of aryl methyl sites for hydroxylation is 1. The smallest absolute Gasteiger partial charge is 0.276 e. The lowest BCUT2D eigenvalue weighted by atomic mass is 10.2. The van der Waals surface area contributed by atoms with Gasteiger partial charge in [-0.15, -0.1) is 0 Å². The second kappa shape index (κ2) is 6.16. The van der Waals surface area contributed by atoms with Crippen molar-refractivity contribution in [2.24, 2.45) is 5.84 Å². The van der Waals surface area contributed by atoms with Crippen molar-refractivity contribution in [3.63, 3.8) is 0 Å². The quantitative estimate of drug-likeness (QED) is 0.661. The van der Waals surface area contributed by atoms with Crippen molar-refractivity contribution >= 4 is 17.4 Å². The molecule has 0 spiro atoms. The van der Waals surface area contributed by atoms with Gasteiger partial charge in [-0.1, -0.05) is 23.8 Å². The molecular weight excluding hydrogens is 252 g/mol. The van der Waals surface area contributed by atoms with Crippen LogP contribution in [0.1, 0.15) is 23.0 Å². The van der Waals surface area contributed by atoms with Gasteiger partial charge in [0.15, 0.2) is 0 Å². The minimum atomic E-state index is -0.145.